The number of amides is 2. The van der Waals surface area contributed by atoms with Crippen molar-refractivity contribution in [2.24, 2.45) is 0 Å². The van der Waals surface area contributed by atoms with Crippen molar-refractivity contribution in [2.75, 3.05) is 36.4 Å². The first-order valence-corrected chi connectivity index (χ1v) is 7.86. The Morgan fingerprint density at radius 1 is 1.05 bits per heavy atom. The Kier molecular flexibility index (Phi) is 6.89. The van der Waals surface area contributed by atoms with Crippen molar-refractivity contribution in [3.63, 3.8) is 0 Å². The minimum Gasteiger partial charge on any atom is -0.366 e. The van der Waals surface area contributed by atoms with E-state index in [2.05, 4.69) is 10.2 Å². The van der Waals surface area contributed by atoms with E-state index in [4.69, 9.17) is 0 Å². The van der Waals surface area contributed by atoms with Gasteiger partial charge in [-0.3, -0.25) is 9.59 Å². The number of nitrogens with one attached hydrogen (secondary N) is 1. The molecule has 5 heteroatoms. The molecule has 0 atom stereocenters. The highest BCUT2D eigenvalue weighted by atomic mass is 16.2. The number of hydrogen-bond acceptors (Lipinski definition) is 3. The van der Waals surface area contributed by atoms with Gasteiger partial charge in [0.2, 0.25) is 11.8 Å². The molecule has 122 valence electrons. The fourth-order valence-corrected chi connectivity index (χ4v) is 2.48. The van der Waals surface area contributed by atoms with Crippen LogP contribution in [0.5, 0.6) is 0 Å². The van der Waals surface area contributed by atoms with E-state index in [0.29, 0.717) is 0 Å². The molecule has 5 nitrogen and oxygen atoms in total. The van der Waals surface area contributed by atoms with E-state index >= 15 is 0 Å². The molecule has 0 saturated carbocycles. The number of anilines is 2. The molecule has 1 aromatic carbocycles. The second-order valence-electron chi connectivity index (χ2n) is 5.19. The molecule has 1 aliphatic rings. The maximum atomic E-state index is 11.3. The van der Waals surface area contributed by atoms with Crippen molar-refractivity contribution in [1.29, 1.82) is 0 Å². The predicted octanol–water partition coefficient (Wildman–Crippen LogP) is 2.65. The summed E-state index contributed by atoms with van der Waals surface area (Å²) in [5, 5.41) is 2.88. The molecule has 0 bridgehead atoms. The zero-order valence-electron chi connectivity index (χ0n) is 14.3. The standard InChI is InChI=1S/C15H21N3O2.C2H6/c1-11-4-5-15(14(10-11)16-12(2)19)18-8-6-17(7-9-18)13(3)20;1-2/h4-5,10H,6-9H2,1-3H3,(H,16,19);1-2H3. The molecule has 22 heavy (non-hydrogen) atoms. The molecule has 0 aromatic heterocycles. The summed E-state index contributed by atoms with van der Waals surface area (Å²) in [6, 6.07) is 6.05. The topological polar surface area (TPSA) is 52.7 Å². The van der Waals surface area contributed by atoms with E-state index in [1.165, 1.54) is 6.92 Å². The van der Waals surface area contributed by atoms with E-state index in [9.17, 15) is 9.59 Å². The molecule has 1 heterocycles. The van der Waals surface area contributed by atoms with Crippen LogP contribution in [-0.4, -0.2) is 42.9 Å². The van der Waals surface area contributed by atoms with Gasteiger partial charge in [-0.2, -0.15) is 0 Å². The quantitative estimate of drug-likeness (QED) is 0.914. The number of benzene rings is 1. The lowest BCUT2D eigenvalue weighted by Gasteiger charge is -2.36. The summed E-state index contributed by atoms with van der Waals surface area (Å²) in [7, 11) is 0. The monoisotopic (exact) mass is 305 g/mol. The SMILES string of the molecule is CC.CC(=O)Nc1cc(C)ccc1N1CCN(C(C)=O)CC1. The Morgan fingerprint density at radius 2 is 1.64 bits per heavy atom. The molecule has 0 unspecified atom stereocenters. The van der Waals surface area contributed by atoms with E-state index < -0.39 is 0 Å². The normalized spacial score (nSPS) is 14.0. The van der Waals surface area contributed by atoms with Crippen LogP contribution in [0.25, 0.3) is 0 Å². The number of piperazine rings is 1. The Morgan fingerprint density at radius 3 is 2.14 bits per heavy atom. The number of carbonyl (C=O) groups is 2. The molecule has 2 amide bonds. The third kappa shape index (κ3) is 4.76. The van der Waals surface area contributed by atoms with Gasteiger partial charge in [-0.1, -0.05) is 19.9 Å². The second-order valence-corrected chi connectivity index (χ2v) is 5.19. The molecule has 1 aliphatic heterocycles. The van der Waals surface area contributed by atoms with Gasteiger partial charge in [0.25, 0.3) is 0 Å². The molecule has 0 radical (unpaired) electrons. The van der Waals surface area contributed by atoms with Gasteiger partial charge in [-0.05, 0) is 24.6 Å². The first kappa shape index (κ1) is 18.0. The largest absolute Gasteiger partial charge is 0.366 e. The Labute approximate surface area is 133 Å². The first-order chi connectivity index (χ1) is 10.5. The highest BCUT2D eigenvalue weighted by Crippen LogP contribution is 2.28. The molecular weight excluding hydrogens is 278 g/mol. The molecular formula is C17H27N3O2. The number of nitrogens with zero attached hydrogens (tertiary/aromatic N) is 2. The molecule has 1 N–H and O–H groups in total. The van der Waals surface area contributed by atoms with Crippen LogP contribution in [0.15, 0.2) is 18.2 Å². The van der Waals surface area contributed by atoms with Gasteiger partial charge < -0.3 is 15.1 Å². The highest BCUT2D eigenvalue weighted by molar-refractivity contribution is 5.93. The summed E-state index contributed by atoms with van der Waals surface area (Å²) in [4.78, 5) is 26.7. The molecule has 1 fully saturated rings. The summed E-state index contributed by atoms with van der Waals surface area (Å²) < 4.78 is 0. The zero-order valence-corrected chi connectivity index (χ0v) is 14.3. The Hall–Kier alpha value is -2.04. The van der Waals surface area contributed by atoms with Gasteiger partial charge in [-0.15, -0.1) is 0 Å². The van der Waals surface area contributed by atoms with E-state index in [1.54, 1.807) is 6.92 Å². The van der Waals surface area contributed by atoms with Crippen molar-refractivity contribution in [3.8, 4) is 0 Å². The van der Waals surface area contributed by atoms with Crippen LogP contribution in [0, 0.1) is 6.92 Å². The average Bonchev–Trinajstić information content (AvgIpc) is 2.49. The Bertz CT molecular complexity index is 521. The number of rotatable bonds is 2. The lowest BCUT2D eigenvalue weighted by Crippen LogP contribution is -2.48. The lowest BCUT2D eigenvalue weighted by atomic mass is 10.1. The molecule has 0 aliphatic carbocycles. The fourth-order valence-electron chi connectivity index (χ4n) is 2.48. The summed E-state index contributed by atoms with van der Waals surface area (Å²) in [6.07, 6.45) is 0. The van der Waals surface area contributed by atoms with Crippen LogP contribution in [-0.2, 0) is 9.59 Å². The molecule has 0 spiro atoms. The van der Waals surface area contributed by atoms with E-state index in [-0.39, 0.29) is 11.8 Å². The van der Waals surface area contributed by atoms with Crippen LogP contribution in [0.1, 0.15) is 33.3 Å². The van der Waals surface area contributed by atoms with Crippen molar-refractivity contribution >= 4 is 23.2 Å². The van der Waals surface area contributed by atoms with Crippen LogP contribution in [0.2, 0.25) is 0 Å². The first-order valence-electron chi connectivity index (χ1n) is 7.86. The number of hydrogen-bond donors (Lipinski definition) is 1. The van der Waals surface area contributed by atoms with Gasteiger partial charge in [0, 0.05) is 40.0 Å². The number of aryl methyl sites for hydroxylation is 1. The maximum Gasteiger partial charge on any atom is 0.221 e. The summed E-state index contributed by atoms with van der Waals surface area (Å²) in [5.74, 6) is 0.0508. The van der Waals surface area contributed by atoms with Crippen LogP contribution in [0.3, 0.4) is 0 Å². The minimum absolute atomic E-state index is 0.0702. The van der Waals surface area contributed by atoms with E-state index in [1.807, 2.05) is 43.9 Å². The summed E-state index contributed by atoms with van der Waals surface area (Å²) in [6.45, 7) is 12.1. The molecule has 1 aromatic rings. The van der Waals surface area contributed by atoms with Crippen molar-refractivity contribution < 1.29 is 9.59 Å². The zero-order chi connectivity index (χ0) is 16.7. The van der Waals surface area contributed by atoms with Gasteiger partial charge in [0.05, 0.1) is 11.4 Å². The fraction of sp³-hybridized carbons (Fsp3) is 0.529. The van der Waals surface area contributed by atoms with E-state index in [0.717, 1.165) is 43.1 Å². The van der Waals surface area contributed by atoms with Gasteiger partial charge in [0.15, 0.2) is 0 Å². The molecule has 1 saturated heterocycles. The minimum atomic E-state index is -0.0702. The maximum absolute atomic E-state index is 11.3. The van der Waals surface area contributed by atoms with Crippen molar-refractivity contribution in [3.05, 3.63) is 23.8 Å². The smallest absolute Gasteiger partial charge is 0.221 e. The van der Waals surface area contributed by atoms with Gasteiger partial charge in [-0.25, -0.2) is 0 Å². The summed E-state index contributed by atoms with van der Waals surface area (Å²) >= 11 is 0. The van der Waals surface area contributed by atoms with Crippen molar-refractivity contribution in [2.45, 2.75) is 34.6 Å². The predicted molar refractivity (Wildman–Crippen MR) is 91.3 cm³/mol. The highest BCUT2D eigenvalue weighted by Gasteiger charge is 2.20. The number of carbonyl (C=O) groups excluding carboxylic acids is 2. The van der Waals surface area contributed by atoms with Crippen LogP contribution >= 0.6 is 0 Å². The van der Waals surface area contributed by atoms with Crippen molar-refractivity contribution in [1.82, 2.24) is 4.90 Å². The third-order valence-electron chi connectivity index (χ3n) is 3.53. The van der Waals surface area contributed by atoms with Crippen LogP contribution in [0.4, 0.5) is 11.4 Å². The second kappa shape index (κ2) is 8.41. The molecule has 2 rings (SSSR count). The summed E-state index contributed by atoms with van der Waals surface area (Å²) in [5.41, 5.74) is 2.97. The van der Waals surface area contributed by atoms with Crippen LogP contribution < -0.4 is 10.2 Å². The lowest BCUT2D eigenvalue weighted by molar-refractivity contribution is -0.129. The van der Waals surface area contributed by atoms with Gasteiger partial charge in [0.1, 0.15) is 0 Å². The van der Waals surface area contributed by atoms with Gasteiger partial charge >= 0.3 is 0 Å². The Balaban J connectivity index is 0.00000116. The third-order valence-corrected chi connectivity index (χ3v) is 3.53. The average molecular weight is 305 g/mol.